The Hall–Kier alpha value is -2.93. The minimum absolute atomic E-state index is 0.116. The van der Waals surface area contributed by atoms with Gasteiger partial charge in [-0.15, -0.1) is 0 Å². The summed E-state index contributed by atoms with van der Waals surface area (Å²) in [7, 11) is 0. The molecule has 26 heavy (non-hydrogen) atoms. The lowest BCUT2D eigenvalue weighted by Crippen LogP contribution is -3.14. The van der Waals surface area contributed by atoms with Crippen LogP contribution >= 0.6 is 0 Å². The van der Waals surface area contributed by atoms with E-state index in [-0.39, 0.29) is 17.0 Å². The van der Waals surface area contributed by atoms with Crippen molar-refractivity contribution < 1.29 is 14.9 Å². The molecule has 0 spiro atoms. The van der Waals surface area contributed by atoms with Gasteiger partial charge in [0.25, 0.3) is 5.69 Å². The highest BCUT2D eigenvalue weighted by Crippen LogP contribution is 2.22. The lowest BCUT2D eigenvalue weighted by Gasteiger charge is -2.33. The molecule has 7 heteroatoms. The number of nitro groups is 1. The lowest BCUT2D eigenvalue weighted by atomic mass is 10.2. The number of rotatable bonds is 5. The molecule has 1 aliphatic heterocycles. The first-order valence-electron chi connectivity index (χ1n) is 8.75. The van der Waals surface area contributed by atoms with Gasteiger partial charge in [0.15, 0.2) is 0 Å². The zero-order chi connectivity index (χ0) is 18.5. The Balaban J connectivity index is 1.69. The Morgan fingerprint density at radius 3 is 2.50 bits per heavy atom. The maximum absolute atomic E-state index is 11.8. The van der Waals surface area contributed by atoms with Crippen LogP contribution in [0.2, 0.25) is 0 Å². The van der Waals surface area contributed by atoms with Crippen molar-refractivity contribution in [1.29, 1.82) is 0 Å². The molecule has 136 valence electrons. The Morgan fingerprint density at radius 2 is 1.88 bits per heavy atom. The summed E-state index contributed by atoms with van der Waals surface area (Å²) in [5.41, 5.74) is 1.97. The topological polar surface area (TPSA) is 86.2 Å². The van der Waals surface area contributed by atoms with Gasteiger partial charge in [-0.1, -0.05) is 11.8 Å². The first-order chi connectivity index (χ1) is 12.6. The van der Waals surface area contributed by atoms with E-state index in [0.29, 0.717) is 5.69 Å². The van der Waals surface area contributed by atoms with Crippen LogP contribution in [0.3, 0.4) is 0 Å². The summed E-state index contributed by atoms with van der Waals surface area (Å²) >= 11 is 0. The molecule has 0 unspecified atom stereocenters. The summed E-state index contributed by atoms with van der Waals surface area (Å²) in [6.45, 7) is 7.76. The van der Waals surface area contributed by atoms with E-state index in [0.717, 1.165) is 26.2 Å². The summed E-state index contributed by atoms with van der Waals surface area (Å²) in [6, 6.07) is 11.5. The summed E-state index contributed by atoms with van der Waals surface area (Å²) in [5, 5.41) is 22.6. The Labute approximate surface area is 152 Å². The predicted molar refractivity (Wildman–Crippen MR) is 99.7 cm³/mol. The van der Waals surface area contributed by atoms with Crippen molar-refractivity contribution in [2.75, 3.05) is 37.6 Å². The molecule has 0 aromatic heterocycles. The third kappa shape index (κ3) is 4.18. The number of anilines is 1. The molecule has 1 saturated heterocycles. The second-order valence-corrected chi connectivity index (χ2v) is 6.34. The van der Waals surface area contributed by atoms with Crippen LogP contribution in [-0.2, 0) is 0 Å². The number of piperazine rings is 1. The molecular formula is C19H22N4O3. The van der Waals surface area contributed by atoms with Gasteiger partial charge >= 0.3 is 0 Å². The van der Waals surface area contributed by atoms with Crippen molar-refractivity contribution in [3.8, 4) is 5.75 Å². The van der Waals surface area contributed by atoms with Crippen molar-refractivity contribution >= 4 is 23.3 Å². The minimum atomic E-state index is -0.522. The first-order valence-corrected chi connectivity index (χ1v) is 8.75. The van der Waals surface area contributed by atoms with Crippen LogP contribution in [0.15, 0.2) is 47.5 Å². The molecule has 1 heterocycles. The molecule has 0 atom stereocenters. The van der Waals surface area contributed by atoms with Gasteiger partial charge in [-0.3, -0.25) is 15.1 Å². The van der Waals surface area contributed by atoms with Crippen molar-refractivity contribution in [2.45, 2.75) is 6.92 Å². The highest BCUT2D eigenvalue weighted by molar-refractivity contribution is 5.86. The van der Waals surface area contributed by atoms with Crippen LogP contribution in [0.4, 0.5) is 17.1 Å². The number of likely N-dealkylation sites (N-methyl/N-ethyl adjacent to an activating group) is 1. The number of hydrogen-bond donors (Lipinski definition) is 1. The van der Waals surface area contributed by atoms with Gasteiger partial charge in [-0.25, -0.2) is 0 Å². The molecule has 0 radical (unpaired) electrons. The highest BCUT2D eigenvalue weighted by atomic mass is 16.6. The summed E-state index contributed by atoms with van der Waals surface area (Å²) in [6.07, 6.45) is 1.38. The fourth-order valence-electron chi connectivity index (χ4n) is 3.08. The maximum atomic E-state index is 11.8. The van der Waals surface area contributed by atoms with Gasteiger partial charge in [0.1, 0.15) is 0 Å². The Morgan fingerprint density at radius 1 is 1.19 bits per heavy atom. The quantitative estimate of drug-likeness (QED) is 0.496. The Kier molecular flexibility index (Phi) is 5.48. The van der Waals surface area contributed by atoms with E-state index in [4.69, 9.17) is 0 Å². The summed E-state index contributed by atoms with van der Waals surface area (Å²) in [5.74, 6) is -0.285. The van der Waals surface area contributed by atoms with E-state index in [2.05, 4.69) is 16.8 Å². The molecule has 2 aromatic rings. The number of benzene rings is 2. The van der Waals surface area contributed by atoms with Gasteiger partial charge in [0.2, 0.25) is 0 Å². The van der Waals surface area contributed by atoms with E-state index in [1.165, 1.54) is 36.6 Å². The zero-order valence-electron chi connectivity index (χ0n) is 14.7. The minimum Gasteiger partial charge on any atom is -0.872 e. The lowest BCUT2D eigenvalue weighted by molar-refractivity contribution is -0.898. The smallest absolute Gasteiger partial charge is 0.270 e. The fraction of sp³-hybridized carbons (Fsp3) is 0.316. The largest absolute Gasteiger partial charge is 0.872 e. The van der Waals surface area contributed by atoms with E-state index < -0.39 is 4.92 Å². The highest BCUT2D eigenvalue weighted by Gasteiger charge is 2.18. The van der Waals surface area contributed by atoms with E-state index in [9.17, 15) is 15.2 Å². The molecule has 2 aromatic carbocycles. The molecular weight excluding hydrogens is 332 g/mol. The van der Waals surface area contributed by atoms with Crippen molar-refractivity contribution in [2.24, 2.45) is 4.99 Å². The molecule has 1 aliphatic rings. The summed E-state index contributed by atoms with van der Waals surface area (Å²) in [4.78, 5) is 18.6. The molecule has 0 saturated carbocycles. The van der Waals surface area contributed by atoms with Gasteiger partial charge in [0, 0.05) is 24.0 Å². The second kappa shape index (κ2) is 7.97. The molecule has 0 aliphatic carbocycles. The number of hydrogen-bond acceptors (Lipinski definition) is 5. The van der Waals surface area contributed by atoms with Gasteiger partial charge in [0.05, 0.1) is 43.3 Å². The van der Waals surface area contributed by atoms with E-state index >= 15 is 0 Å². The standard InChI is InChI=1S/C19H22N4O3/c1-2-21-9-11-22(12-10-21)17-5-3-16(4-6-17)20-14-15-13-18(23(25)26)7-8-19(15)24/h3-8,13-14,24H,2,9-12H2,1H3. The number of nitrogens with one attached hydrogen (secondary N) is 1. The number of nitrogens with zero attached hydrogens (tertiary/aromatic N) is 3. The van der Waals surface area contributed by atoms with Crippen molar-refractivity contribution in [3.63, 3.8) is 0 Å². The van der Waals surface area contributed by atoms with Crippen LogP contribution in [0.5, 0.6) is 5.75 Å². The van der Waals surface area contributed by atoms with Crippen LogP contribution in [0.25, 0.3) is 0 Å². The van der Waals surface area contributed by atoms with Crippen LogP contribution < -0.4 is 14.9 Å². The molecule has 3 rings (SSSR count). The van der Waals surface area contributed by atoms with Crippen LogP contribution in [0.1, 0.15) is 12.5 Å². The maximum Gasteiger partial charge on any atom is 0.270 e. The third-order valence-corrected chi connectivity index (χ3v) is 4.74. The van der Waals surface area contributed by atoms with Gasteiger partial charge in [-0.05, 0) is 36.8 Å². The predicted octanol–water partition coefficient (Wildman–Crippen LogP) is 1.14. The molecule has 7 nitrogen and oxygen atoms in total. The summed E-state index contributed by atoms with van der Waals surface area (Å²) < 4.78 is 0. The van der Waals surface area contributed by atoms with Crippen LogP contribution in [0, 0.1) is 10.1 Å². The fourth-order valence-corrected chi connectivity index (χ4v) is 3.08. The monoisotopic (exact) mass is 354 g/mol. The second-order valence-electron chi connectivity index (χ2n) is 6.34. The zero-order valence-corrected chi connectivity index (χ0v) is 14.7. The van der Waals surface area contributed by atoms with Crippen LogP contribution in [-0.4, -0.2) is 43.9 Å². The molecule has 0 amide bonds. The molecule has 0 bridgehead atoms. The third-order valence-electron chi connectivity index (χ3n) is 4.74. The molecule has 1 fully saturated rings. The van der Waals surface area contributed by atoms with Gasteiger partial charge in [-0.2, -0.15) is 0 Å². The number of non-ortho nitro benzene ring substituents is 1. The molecule has 1 N–H and O–H groups in total. The first kappa shape index (κ1) is 17.9. The number of nitro benzene ring substituents is 1. The van der Waals surface area contributed by atoms with Gasteiger partial charge < -0.3 is 14.9 Å². The SMILES string of the molecule is CC[NH+]1CCN(c2ccc(N=Cc3cc([N+](=O)[O-])ccc3[O-])cc2)CC1. The van der Waals surface area contributed by atoms with Crippen molar-refractivity contribution in [3.05, 3.63) is 58.1 Å². The van der Waals surface area contributed by atoms with Crippen molar-refractivity contribution in [1.82, 2.24) is 0 Å². The van der Waals surface area contributed by atoms with E-state index in [1.54, 1.807) is 4.90 Å². The number of aliphatic imine (C=N–C) groups is 1. The Bertz CT molecular complexity index is 797. The average Bonchev–Trinajstić information content (AvgIpc) is 2.67. The normalized spacial score (nSPS) is 15.5. The van der Waals surface area contributed by atoms with E-state index in [1.807, 2.05) is 24.3 Å². The average molecular weight is 354 g/mol. The number of quaternary nitrogens is 1.